The van der Waals surface area contributed by atoms with Crippen molar-refractivity contribution in [3.05, 3.63) is 156 Å². The maximum atomic E-state index is 6.34. The summed E-state index contributed by atoms with van der Waals surface area (Å²) < 4.78 is 6.34. The van der Waals surface area contributed by atoms with Crippen LogP contribution in [0, 0.1) is 0 Å². The van der Waals surface area contributed by atoms with Gasteiger partial charge in [-0.2, -0.15) is 0 Å². The van der Waals surface area contributed by atoms with Crippen molar-refractivity contribution < 1.29 is 4.42 Å². The van der Waals surface area contributed by atoms with Gasteiger partial charge in [-0.15, -0.1) is 0 Å². The molecule has 2 aliphatic heterocycles. The molecule has 1 aromatic heterocycles. The minimum absolute atomic E-state index is 0.0156. The third-order valence-electron chi connectivity index (χ3n) is 14.4. The molecule has 2 aliphatic rings. The van der Waals surface area contributed by atoms with E-state index in [9.17, 15) is 0 Å². The van der Waals surface area contributed by atoms with E-state index < -0.39 is 10.0 Å². The Labute approximate surface area is 389 Å². The Morgan fingerprint density at radius 1 is 0.523 bits per heavy atom. The van der Waals surface area contributed by atoms with E-state index in [4.69, 9.17) is 4.42 Å². The highest BCUT2D eigenvalue weighted by Crippen LogP contribution is 2.53. The van der Waals surface area contributed by atoms with Crippen molar-refractivity contribution >= 4 is 101 Å². The number of furan rings is 1. The molecular formula is C59H64BN3OS. The van der Waals surface area contributed by atoms with Crippen LogP contribution in [0.3, 0.4) is 0 Å². The average molecular weight is 874 g/mol. The lowest BCUT2D eigenvalue weighted by Gasteiger charge is -2.45. The second-order valence-corrected chi connectivity index (χ2v) is 26.1. The zero-order valence-corrected chi connectivity index (χ0v) is 41.5. The summed E-state index contributed by atoms with van der Waals surface area (Å²) in [5.41, 5.74) is 19.6. The van der Waals surface area contributed by atoms with E-state index in [1.165, 1.54) is 66.4 Å². The molecule has 330 valence electrons. The first-order valence-electron chi connectivity index (χ1n) is 23.4. The van der Waals surface area contributed by atoms with Crippen LogP contribution < -0.4 is 31.1 Å². The fraction of sp³-hybridized carbons (Fsp3) is 0.288. The van der Waals surface area contributed by atoms with E-state index in [0.29, 0.717) is 0 Å². The summed E-state index contributed by atoms with van der Waals surface area (Å²) in [6.45, 7) is 23.2. The van der Waals surface area contributed by atoms with Gasteiger partial charge in [0.05, 0.1) is 0 Å². The Balaban J connectivity index is 1.21. The zero-order valence-electron chi connectivity index (χ0n) is 40.7. The van der Waals surface area contributed by atoms with Gasteiger partial charge >= 0.3 is 0 Å². The van der Waals surface area contributed by atoms with Crippen LogP contribution >= 0.6 is 10.0 Å². The van der Waals surface area contributed by atoms with Crippen LogP contribution in [0.4, 0.5) is 45.5 Å². The van der Waals surface area contributed by atoms with Crippen LogP contribution in [0.15, 0.2) is 149 Å². The van der Waals surface area contributed by atoms with Crippen LogP contribution in [-0.4, -0.2) is 32.0 Å². The molecule has 7 aromatic carbocycles. The molecule has 65 heavy (non-hydrogen) atoms. The first-order valence-corrected chi connectivity index (χ1v) is 26.0. The Hall–Kier alpha value is -5.85. The Morgan fingerprint density at radius 3 is 1.75 bits per heavy atom. The minimum atomic E-state index is -1.10. The van der Waals surface area contributed by atoms with Gasteiger partial charge in [0, 0.05) is 63.3 Å². The predicted molar refractivity (Wildman–Crippen MR) is 287 cm³/mol. The summed E-state index contributed by atoms with van der Waals surface area (Å²) in [5, 5.41) is 2.24. The minimum Gasteiger partial charge on any atom is -0.456 e. The lowest BCUT2D eigenvalue weighted by molar-refractivity contribution is 0.590. The number of benzene rings is 7. The number of hydrogen-bond acceptors (Lipinski definition) is 4. The van der Waals surface area contributed by atoms with Crippen molar-refractivity contribution in [2.45, 2.75) is 90.4 Å². The highest BCUT2D eigenvalue weighted by atomic mass is 32.3. The maximum absolute atomic E-state index is 6.34. The molecule has 4 nitrogen and oxygen atoms in total. The fourth-order valence-corrected chi connectivity index (χ4v) is 11.2. The molecule has 6 heteroatoms. The first kappa shape index (κ1) is 43.1. The second-order valence-electron chi connectivity index (χ2n) is 22.0. The number of anilines is 8. The monoisotopic (exact) mass is 873 g/mol. The molecule has 0 saturated carbocycles. The molecule has 8 aromatic rings. The first-order chi connectivity index (χ1) is 30.7. The highest BCUT2D eigenvalue weighted by Gasteiger charge is 2.44. The van der Waals surface area contributed by atoms with E-state index in [1.54, 1.807) is 0 Å². The number of rotatable bonds is 6. The smallest absolute Gasteiger partial charge is 0.252 e. The van der Waals surface area contributed by atoms with E-state index >= 15 is 0 Å². The Bertz CT molecular complexity index is 3140. The summed E-state index contributed by atoms with van der Waals surface area (Å²) in [6.07, 6.45) is 4.96. The molecule has 0 unspecified atom stereocenters. The van der Waals surface area contributed by atoms with Gasteiger partial charge in [-0.1, -0.05) is 130 Å². The van der Waals surface area contributed by atoms with Crippen molar-refractivity contribution in [1.82, 2.24) is 0 Å². The summed E-state index contributed by atoms with van der Waals surface area (Å²) >= 11 is 0. The van der Waals surface area contributed by atoms with Gasteiger partial charge in [0.15, 0.2) is 0 Å². The Kier molecular flexibility index (Phi) is 10.0. The van der Waals surface area contributed by atoms with Gasteiger partial charge in [-0.05, 0) is 151 Å². The molecule has 0 radical (unpaired) electrons. The van der Waals surface area contributed by atoms with Crippen molar-refractivity contribution in [2.75, 3.05) is 40.0 Å². The van der Waals surface area contributed by atoms with E-state index in [1.807, 2.05) is 6.07 Å². The van der Waals surface area contributed by atoms with E-state index in [-0.39, 0.29) is 23.0 Å². The van der Waals surface area contributed by atoms with Crippen LogP contribution in [0.2, 0.25) is 0 Å². The van der Waals surface area contributed by atoms with Crippen molar-refractivity contribution in [1.29, 1.82) is 0 Å². The summed E-state index contributed by atoms with van der Waals surface area (Å²) in [7, 11) is 1.19. The molecule has 0 amide bonds. The van der Waals surface area contributed by atoms with Crippen LogP contribution in [0.1, 0.15) is 85.9 Å². The molecule has 0 fully saturated rings. The second kappa shape index (κ2) is 15.1. The molecule has 0 saturated heterocycles. The molecule has 0 aliphatic carbocycles. The van der Waals surface area contributed by atoms with E-state index in [2.05, 4.69) is 237 Å². The van der Waals surface area contributed by atoms with Crippen molar-refractivity contribution in [2.24, 2.45) is 0 Å². The van der Waals surface area contributed by atoms with Gasteiger partial charge in [-0.25, -0.2) is 10.0 Å². The molecule has 0 N–H and O–H groups in total. The molecule has 3 heterocycles. The normalized spacial score (nSPS) is 14.1. The van der Waals surface area contributed by atoms with Gasteiger partial charge in [-0.3, -0.25) is 0 Å². The summed E-state index contributed by atoms with van der Waals surface area (Å²) in [4.78, 5) is 8.94. The predicted octanol–water partition coefficient (Wildman–Crippen LogP) is 14.8. The molecule has 10 rings (SSSR count). The lowest BCUT2D eigenvalue weighted by Crippen LogP contribution is -2.61. The molecule has 0 spiro atoms. The number of hydrogen-bond donors (Lipinski definition) is 0. The summed E-state index contributed by atoms with van der Waals surface area (Å²) in [5.74, 6) is 1.12. The summed E-state index contributed by atoms with van der Waals surface area (Å²) in [6, 6.07) is 53.2. The average Bonchev–Trinajstić information content (AvgIpc) is 3.65. The van der Waals surface area contributed by atoms with E-state index in [0.717, 1.165) is 44.8 Å². The third kappa shape index (κ3) is 7.24. The maximum Gasteiger partial charge on any atom is 0.252 e. The fourth-order valence-electron chi connectivity index (χ4n) is 10.0. The largest absolute Gasteiger partial charge is 0.456 e. The third-order valence-corrected chi connectivity index (χ3v) is 17.3. The SMILES string of the molecule is CCS(C)(C)c1cc2c3c(c1)N(c1ccc(C(C)(C)C)cc1)c1ccc(C(C)(C)C)cc1B3c1ccc(N(c3ccc(C(C)(C)C)cc3)c3ccc4oc5ccccc5c4c3)cc1N2C. The standard InChI is InChI=1S/C59H64BN3OS/c1-14-65(12,13)45-36-52-56-53(37-45)63(42-26-21-39(22-27-42)58(5,6)7)50-31-23-40(59(8,9)10)33-49(50)60(56)48-30-28-44(35-51(48)61(52)11)62(41-24-19-38(20-25-41)57(2,3)4)43-29-32-55-47(34-43)46-17-15-16-18-54(46)64-55/h15-37H,14H2,1-13H3. The van der Waals surface area contributed by atoms with Gasteiger partial charge in [0.2, 0.25) is 0 Å². The molecular weight excluding hydrogens is 810 g/mol. The van der Waals surface area contributed by atoms with Gasteiger partial charge in [0.25, 0.3) is 6.71 Å². The van der Waals surface area contributed by atoms with Crippen molar-refractivity contribution in [3.63, 3.8) is 0 Å². The molecule has 0 atom stereocenters. The van der Waals surface area contributed by atoms with Crippen LogP contribution in [0.25, 0.3) is 21.9 Å². The van der Waals surface area contributed by atoms with Gasteiger partial charge < -0.3 is 19.1 Å². The van der Waals surface area contributed by atoms with Gasteiger partial charge in [0.1, 0.15) is 11.2 Å². The van der Waals surface area contributed by atoms with Crippen LogP contribution in [0.5, 0.6) is 0 Å². The quantitative estimate of drug-likeness (QED) is 0.155. The number of nitrogens with zero attached hydrogens (tertiary/aromatic N) is 3. The lowest BCUT2D eigenvalue weighted by atomic mass is 9.33. The highest BCUT2D eigenvalue weighted by molar-refractivity contribution is 8.32. The number of para-hydroxylation sites is 1. The number of fused-ring (bicyclic) bond motifs is 7. The Morgan fingerprint density at radius 2 is 1.09 bits per heavy atom. The van der Waals surface area contributed by atoms with Crippen molar-refractivity contribution in [3.8, 4) is 0 Å². The zero-order chi connectivity index (χ0) is 46.0. The van der Waals surface area contributed by atoms with Crippen LogP contribution in [-0.2, 0) is 16.2 Å². The topological polar surface area (TPSA) is 22.9 Å². The molecule has 0 bridgehead atoms.